The number of benzene rings is 1. The summed E-state index contributed by atoms with van der Waals surface area (Å²) in [6.45, 7) is 2.77. The third kappa shape index (κ3) is 2.71. The molecule has 1 aliphatic rings. The van der Waals surface area contributed by atoms with Gasteiger partial charge in [0.15, 0.2) is 11.6 Å². The molecule has 1 N–H and O–H groups in total. The predicted octanol–water partition coefficient (Wildman–Crippen LogP) is 2.40. The van der Waals surface area contributed by atoms with Crippen LogP contribution in [0.5, 0.6) is 11.5 Å². The van der Waals surface area contributed by atoms with Gasteiger partial charge in [0.05, 0.1) is 12.7 Å². The van der Waals surface area contributed by atoms with Gasteiger partial charge >= 0.3 is 0 Å². The topological polar surface area (TPSA) is 45.1 Å². The molecule has 1 atom stereocenters. The van der Waals surface area contributed by atoms with Crippen LogP contribution >= 0.6 is 0 Å². The van der Waals surface area contributed by atoms with Gasteiger partial charge in [0.1, 0.15) is 11.9 Å². The van der Waals surface area contributed by atoms with Crippen molar-refractivity contribution >= 4 is 5.71 Å². The Hall–Kier alpha value is -1.62. The summed E-state index contributed by atoms with van der Waals surface area (Å²) >= 11 is 0. The largest absolute Gasteiger partial charge is 0.507 e. The smallest absolute Gasteiger partial charge is 0.167 e. The van der Waals surface area contributed by atoms with E-state index in [1.807, 2.05) is 7.05 Å². The highest BCUT2D eigenvalue weighted by Crippen LogP contribution is 2.31. The number of methoxy groups -OCH3 is 1. The van der Waals surface area contributed by atoms with Gasteiger partial charge in [0.25, 0.3) is 0 Å². The molecule has 1 heterocycles. The lowest BCUT2D eigenvalue weighted by molar-refractivity contribution is 0.320. The van der Waals surface area contributed by atoms with Crippen LogP contribution in [0.1, 0.15) is 25.3 Å². The molecule has 104 valence electrons. The molecule has 1 aromatic rings. The van der Waals surface area contributed by atoms with Crippen molar-refractivity contribution in [2.24, 2.45) is 4.99 Å². The van der Waals surface area contributed by atoms with E-state index in [1.54, 1.807) is 6.92 Å². The molecule has 0 spiro atoms. The molecule has 0 radical (unpaired) electrons. The van der Waals surface area contributed by atoms with Crippen molar-refractivity contribution in [2.75, 3.05) is 20.7 Å². The van der Waals surface area contributed by atoms with E-state index >= 15 is 0 Å². The van der Waals surface area contributed by atoms with Gasteiger partial charge in [-0.1, -0.05) is 0 Å². The van der Waals surface area contributed by atoms with Crippen molar-refractivity contribution in [3.63, 3.8) is 0 Å². The Kier molecular flexibility index (Phi) is 4.04. The molecule has 0 aliphatic carbocycles. The second kappa shape index (κ2) is 5.57. The number of likely N-dealkylation sites (tertiary alicyclic amines) is 1. The molecule has 0 amide bonds. The third-order valence-electron chi connectivity index (χ3n) is 3.48. The van der Waals surface area contributed by atoms with Crippen molar-refractivity contribution in [2.45, 2.75) is 25.9 Å². The standard InChI is InChI=1S/C14H19FN2O2/c1-9(16-12-5-4-8-17(12)2)13-11(18)7-6-10(15)14(13)19-3/h6-7,12,18H,4-5,8H2,1-3H3/b16-9+. The van der Waals surface area contributed by atoms with Crippen LogP contribution in [0.15, 0.2) is 17.1 Å². The maximum atomic E-state index is 13.7. The zero-order valence-corrected chi connectivity index (χ0v) is 11.5. The summed E-state index contributed by atoms with van der Waals surface area (Å²) in [5.41, 5.74) is 0.926. The monoisotopic (exact) mass is 266 g/mol. The number of ether oxygens (including phenoxy) is 1. The van der Waals surface area contributed by atoms with E-state index in [0.717, 1.165) is 19.4 Å². The minimum absolute atomic E-state index is 0.0137. The molecular weight excluding hydrogens is 247 g/mol. The molecule has 1 aliphatic heterocycles. The number of phenols is 1. The summed E-state index contributed by atoms with van der Waals surface area (Å²) in [4.78, 5) is 6.72. The average molecular weight is 266 g/mol. The number of aromatic hydroxyl groups is 1. The van der Waals surface area contributed by atoms with Crippen LogP contribution in [0.25, 0.3) is 0 Å². The number of phenolic OH excluding ortho intramolecular Hbond substituents is 1. The van der Waals surface area contributed by atoms with Crippen LogP contribution in [-0.4, -0.2) is 42.6 Å². The molecule has 0 bridgehead atoms. The first-order valence-electron chi connectivity index (χ1n) is 6.35. The van der Waals surface area contributed by atoms with E-state index in [1.165, 1.54) is 19.2 Å². The Balaban J connectivity index is 2.40. The summed E-state index contributed by atoms with van der Waals surface area (Å²) in [7, 11) is 3.40. The molecule has 0 saturated carbocycles. The van der Waals surface area contributed by atoms with Crippen molar-refractivity contribution in [3.8, 4) is 11.5 Å². The highest BCUT2D eigenvalue weighted by atomic mass is 19.1. The summed E-state index contributed by atoms with van der Waals surface area (Å²) in [5.74, 6) is -0.466. The minimum Gasteiger partial charge on any atom is -0.507 e. The fraction of sp³-hybridized carbons (Fsp3) is 0.500. The predicted molar refractivity (Wildman–Crippen MR) is 72.5 cm³/mol. The van der Waals surface area contributed by atoms with Crippen molar-refractivity contribution < 1.29 is 14.2 Å². The van der Waals surface area contributed by atoms with E-state index in [-0.39, 0.29) is 17.7 Å². The normalized spacial score (nSPS) is 20.8. The first-order chi connectivity index (χ1) is 9.04. The lowest BCUT2D eigenvalue weighted by Gasteiger charge is -2.17. The molecule has 1 fully saturated rings. The van der Waals surface area contributed by atoms with Gasteiger partial charge < -0.3 is 9.84 Å². The zero-order chi connectivity index (χ0) is 14.0. The van der Waals surface area contributed by atoms with E-state index in [0.29, 0.717) is 11.3 Å². The lowest BCUT2D eigenvalue weighted by atomic mass is 10.1. The number of hydrogen-bond acceptors (Lipinski definition) is 4. The van der Waals surface area contributed by atoms with Crippen LogP contribution in [-0.2, 0) is 0 Å². The van der Waals surface area contributed by atoms with E-state index in [4.69, 9.17) is 4.74 Å². The molecule has 0 aromatic heterocycles. The van der Waals surface area contributed by atoms with E-state index in [2.05, 4.69) is 9.89 Å². The Morgan fingerprint density at radius 1 is 1.53 bits per heavy atom. The molecular formula is C14H19FN2O2. The van der Waals surface area contributed by atoms with Crippen molar-refractivity contribution in [3.05, 3.63) is 23.5 Å². The maximum absolute atomic E-state index is 13.7. The van der Waals surface area contributed by atoms with E-state index < -0.39 is 5.82 Å². The summed E-state index contributed by atoms with van der Waals surface area (Å²) in [6, 6.07) is 2.51. The number of halogens is 1. The fourth-order valence-electron chi connectivity index (χ4n) is 2.44. The number of rotatable bonds is 3. The molecule has 1 unspecified atom stereocenters. The van der Waals surface area contributed by atoms with Crippen molar-refractivity contribution in [1.82, 2.24) is 4.90 Å². The van der Waals surface area contributed by atoms with Gasteiger partial charge in [-0.15, -0.1) is 0 Å². The van der Waals surface area contributed by atoms with E-state index in [9.17, 15) is 9.50 Å². The Labute approximate surface area is 112 Å². The van der Waals surface area contributed by atoms with Crippen LogP contribution in [0, 0.1) is 5.82 Å². The van der Waals surface area contributed by atoms with Crippen molar-refractivity contribution in [1.29, 1.82) is 0 Å². The fourth-order valence-corrected chi connectivity index (χ4v) is 2.44. The second-order valence-electron chi connectivity index (χ2n) is 4.79. The lowest BCUT2D eigenvalue weighted by Crippen LogP contribution is -2.24. The Morgan fingerprint density at radius 2 is 2.26 bits per heavy atom. The second-order valence-corrected chi connectivity index (χ2v) is 4.79. The summed E-state index contributed by atoms with van der Waals surface area (Å²) < 4.78 is 18.7. The highest BCUT2D eigenvalue weighted by molar-refractivity contribution is 6.03. The SMILES string of the molecule is COc1c(F)ccc(O)c1/C(C)=N/C1CCCN1C. The maximum Gasteiger partial charge on any atom is 0.167 e. The summed E-state index contributed by atoms with van der Waals surface area (Å²) in [6.07, 6.45) is 2.17. The first kappa shape index (κ1) is 13.8. The van der Waals surface area contributed by atoms with Crippen LogP contribution in [0.3, 0.4) is 0 Å². The molecule has 2 rings (SSSR count). The van der Waals surface area contributed by atoms with Crippen LogP contribution in [0.4, 0.5) is 4.39 Å². The van der Waals surface area contributed by atoms with Crippen LogP contribution < -0.4 is 4.74 Å². The molecule has 4 nitrogen and oxygen atoms in total. The van der Waals surface area contributed by atoms with Gasteiger partial charge in [-0.3, -0.25) is 9.89 Å². The third-order valence-corrected chi connectivity index (χ3v) is 3.48. The number of hydrogen-bond donors (Lipinski definition) is 1. The zero-order valence-electron chi connectivity index (χ0n) is 11.5. The average Bonchev–Trinajstić information content (AvgIpc) is 2.77. The highest BCUT2D eigenvalue weighted by Gasteiger charge is 2.22. The minimum atomic E-state index is -0.496. The number of aliphatic imine (C=N–C) groups is 1. The van der Waals surface area contributed by atoms with Gasteiger partial charge in [-0.2, -0.15) is 0 Å². The Bertz CT molecular complexity index is 502. The van der Waals surface area contributed by atoms with Gasteiger partial charge in [0, 0.05) is 5.71 Å². The number of nitrogens with zero attached hydrogens (tertiary/aromatic N) is 2. The van der Waals surface area contributed by atoms with Gasteiger partial charge in [-0.25, -0.2) is 4.39 Å². The molecule has 5 heteroatoms. The van der Waals surface area contributed by atoms with Crippen LogP contribution in [0.2, 0.25) is 0 Å². The Morgan fingerprint density at radius 3 is 2.84 bits per heavy atom. The van der Waals surface area contributed by atoms with Gasteiger partial charge in [0.2, 0.25) is 0 Å². The quantitative estimate of drug-likeness (QED) is 0.854. The van der Waals surface area contributed by atoms with Gasteiger partial charge in [-0.05, 0) is 45.5 Å². The molecule has 1 saturated heterocycles. The molecule has 1 aromatic carbocycles. The summed E-state index contributed by atoms with van der Waals surface area (Å²) in [5, 5.41) is 9.92. The first-order valence-corrected chi connectivity index (χ1v) is 6.35. The molecule has 19 heavy (non-hydrogen) atoms.